The van der Waals surface area contributed by atoms with E-state index in [1.807, 2.05) is 4.68 Å². The highest BCUT2D eigenvalue weighted by atomic mass is 19.1. The van der Waals surface area contributed by atoms with Crippen LogP contribution in [0.5, 0.6) is 0 Å². The molecule has 1 aromatic heterocycles. The quantitative estimate of drug-likeness (QED) is 0.801. The number of likely N-dealkylation sites (N-methyl/N-ethyl adjacent to an activating group) is 1. The molecule has 1 atom stereocenters. The molecule has 25 heavy (non-hydrogen) atoms. The van der Waals surface area contributed by atoms with E-state index in [4.69, 9.17) is 0 Å². The minimum atomic E-state index is -0.260. The third-order valence-corrected chi connectivity index (χ3v) is 4.63. The maximum Gasteiger partial charge on any atom is 0.236 e. The van der Waals surface area contributed by atoms with Gasteiger partial charge >= 0.3 is 0 Å². The number of halogens is 1. The molecular weight excluding hydrogens is 321 g/mol. The third kappa shape index (κ3) is 5.09. The van der Waals surface area contributed by atoms with Gasteiger partial charge in [-0.05, 0) is 43.0 Å². The van der Waals surface area contributed by atoms with Crippen molar-refractivity contribution in [2.24, 2.45) is 5.92 Å². The highest BCUT2D eigenvalue weighted by molar-refractivity contribution is 5.78. The molecular formula is C18H24FN5O. The lowest BCUT2D eigenvalue weighted by Gasteiger charge is -2.33. The van der Waals surface area contributed by atoms with Gasteiger partial charge in [-0.25, -0.2) is 9.37 Å². The predicted octanol–water partition coefficient (Wildman–Crippen LogP) is 1.79. The number of nitrogens with zero attached hydrogens (tertiary/aromatic N) is 5. The van der Waals surface area contributed by atoms with Crippen LogP contribution in [-0.4, -0.2) is 57.2 Å². The molecule has 0 saturated carbocycles. The summed E-state index contributed by atoms with van der Waals surface area (Å²) in [5.41, 5.74) is 0.931. The molecule has 0 N–H and O–H groups in total. The summed E-state index contributed by atoms with van der Waals surface area (Å²) in [6.07, 6.45) is 5.53. The van der Waals surface area contributed by atoms with Gasteiger partial charge < -0.3 is 4.90 Å². The molecule has 2 heterocycles. The lowest BCUT2D eigenvalue weighted by atomic mass is 9.98. The molecule has 1 saturated heterocycles. The molecule has 0 unspecified atom stereocenters. The van der Waals surface area contributed by atoms with Gasteiger partial charge in [0, 0.05) is 26.7 Å². The molecule has 3 rings (SSSR count). The minimum absolute atomic E-state index is 0.0886. The second kappa shape index (κ2) is 8.20. The Morgan fingerprint density at radius 2 is 2.16 bits per heavy atom. The van der Waals surface area contributed by atoms with Crippen LogP contribution in [-0.2, 0) is 17.9 Å². The summed E-state index contributed by atoms with van der Waals surface area (Å²) in [7, 11) is 1.79. The summed E-state index contributed by atoms with van der Waals surface area (Å²) in [4.78, 5) is 20.4. The fourth-order valence-electron chi connectivity index (χ4n) is 3.30. The molecule has 0 spiro atoms. The Kier molecular flexibility index (Phi) is 5.75. The van der Waals surface area contributed by atoms with E-state index in [1.165, 1.54) is 12.1 Å². The molecule has 1 fully saturated rings. The van der Waals surface area contributed by atoms with Gasteiger partial charge in [-0.3, -0.25) is 14.4 Å². The highest BCUT2D eigenvalue weighted by Crippen LogP contribution is 2.18. The lowest BCUT2D eigenvalue weighted by molar-refractivity contribution is -0.132. The third-order valence-electron chi connectivity index (χ3n) is 4.63. The number of benzene rings is 1. The number of hydrogen-bond donors (Lipinski definition) is 0. The summed E-state index contributed by atoms with van der Waals surface area (Å²) in [5, 5.41) is 4.16. The first-order chi connectivity index (χ1) is 12.1. The van der Waals surface area contributed by atoms with Crippen LogP contribution in [0.2, 0.25) is 0 Å². The zero-order valence-corrected chi connectivity index (χ0v) is 14.5. The molecule has 1 aromatic carbocycles. The van der Waals surface area contributed by atoms with Crippen molar-refractivity contribution in [2.45, 2.75) is 25.9 Å². The van der Waals surface area contributed by atoms with Crippen molar-refractivity contribution < 1.29 is 9.18 Å². The van der Waals surface area contributed by atoms with Crippen LogP contribution in [0.1, 0.15) is 18.4 Å². The maximum absolute atomic E-state index is 13.0. The van der Waals surface area contributed by atoms with E-state index in [0.29, 0.717) is 19.0 Å². The van der Waals surface area contributed by atoms with Crippen LogP contribution >= 0.6 is 0 Å². The number of carbonyl (C=O) groups excluding carboxylic acids is 1. The van der Waals surface area contributed by atoms with E-state index in [0.717, 1.165) is 38.0 Å². The van der Waals surface area contributed by atoms with Crippen LogP contribution in [0.4, 0.5) is 4.39 Å². The van der Waals surface area contributed by atoms with Gasteiger partial charge in [0.25, 0.3) is 0 Å². The van der Waals surface area contributed by atoms with Crippen molar-refractivity contribution in [1.29, 1.82) is 0 Å². The Morgan fingerprint density at radius 1 is 1.36 bits per heavy atom. The summed E-state index contributed by atoms with van der Waals surface area (Å²) in [5.74, 6) is 0.320. The molecule has 0 radical (unpaired) electrons. The number of aromatic nitrogens is 3. The Labute approximate surface area is 147 Å². The average molecular weight is 345 g/mol. The van der Waals surface area contributed by atoms with E-state index in [2.05, 4.69) is 15.0 Å². The molecule has 6 nitrogen and oxygen atoms in total. The first-order valence-electron chi connectivity index (χ1n) is 8.63. The molecule has 1 amide bonds. The van der Waals surface area contributed by atoms with E-state index in [1.54, 1.807) is 36.7 Å². The van der Waals surface area contributed by atoms with Crippen molar-refractivity contribution >= 4 is 5.91 Å². The van der Waals surface area contributed by atoms with Crippen molar-refractivity contribution in [1.82, 2.24) is 24.6 Å². The van der Waals surface area contributed by atoms with E-state index < -0.39 is 0 Å². The van der Waals surface area contributed by atoms with Crippen molar-refractivity contribution in [3.8, 4) is 0 Å². The van der Waals surface area contributed by atoms with Crippen molar-refractivity contribution in [3.05, 3.63) is 48.3 Å². The predicted molar refractivity (Wildman–Crippen MR) is 92.1 cm³/mol. The van der Waals surface area contributed by atoms with Crippen LogP contribution in [0.3, 0.4) is 0 Å². The average Bonchev–Trinajstić information content (AvgIpc) is 3.10. The zero-order chi connectivity index (χ0) is 17.6. The van der Waals surface area contributed by atoms with Gasteiger partial charge in [-0.1, -0.05) is 12.1 Å². The zero-order valence-electron chi connectivity index (χ0n) is 14.5. The van der Waals surface area contributed by atoms with Crippen LogP contribution in [0.25, 0.3) is 0 Å². The molecule has 1 aliphatic heterocycles. The maximum atomic E-state index is 13.0. The number of hydrogen-bond acceptors (Lipinski definition) is 4. The number of likely N-dealkylation sites (tertiary alicyclic amines) is 1. The van der Waals surface area contributed by atoms with Crippen molar-refractivity contribution in [3.63, 3.8) is 0 Å². The topological polar surface area (TPSA) is 54.3 Å². The molecule has 2 aromatic rings. The van der Waals surface area contributed by atoms with E-state index in [9.17, 15) is 9.18 Å². The molecule has 0 bridgehead atoms. The Hall–Kier alpha value is -2.28. The monoisotopic (exact) mass is 345 g/mol. The van der Waals surface area contributed by atoms with Gasteiger partial charge in [0.05, 0.1) is 6.54 Å². The van der Waals surface area contributed by atoms with Crippen LogP contribution in [0, 0.1) is 11.7 Å². The fraction of sp³-hybridized carbons (Fsp3) is 0.500. The second-order valence-electron chi connectivity index (χ2n) is 6.74. The van der Waals surface area contributed by atoms with E-state index in [-0.39, 0.29) is 11.7 Å². The van der Waals surface area contributed by atoms with Crippen molar-refractivity contribution in [2.75, 3.05) is 26.7 Å². The summed E-state index contributed by atoms with van der Waals surface area (Å²) in [6, 6.07) is 6.28. The number of piperidine rings is 1. The van der Waals surface area contributed by atoms with Gasteiger partial charge in [-0.15, -0.1) is 0 Å². The van der Waals surface area contributed by atoms with Crippen LogP contribution < -0.4 is 0 Å². The number of rotatable bonds is 6. The molecule has 1 aliphatic rings. The molecule has 0 aliphatic carbocycles. The SMILES string of the molecule is CN(Cc1ccc(F)cc1)C(=O)CN1CCC[C@@H](Cn2cncn2)C1. The second-order valence-corrected chi connectivity index (χ2v) is 6.74. The van der Waals surface area contributed by atoms with Gasteiger partial charge in [0.2, 0.25) is 5.91 Å². The summed E-state index contributed by atoms with van der Waals surface area (Å²) in [6.45, 7) is 3.61. The minimum Gasteiger partial charge on any atom is -0.340 e. The number of carbonyl (C=O) groups is 1. The van der Waals surface area contributed by atoms with E-state index >= 15 is 0 Å². The highest BCUT2D eigenvalue weighted by Gasteiger charge is 2.23. The van der Waals surface area contributed by atoms with Gasteiger partial charge in [0.1, 0.15) is 18.5 Å². The summed E-state index contributed by atoms with van der Waals surface area (Å²) < 4.78 is 14.8. The Bertz CT molecular complexity index is 673. The first-order valence-corrected chi connectivity index (χ1v) is 8.63. The smallest absolute Gasteiger partial charge is 0.236 e. The normalized spacial score (nSPS) is 18.2. The largest absolute Gasteiger partial charge is 0.340 e. The standard InChI is InChI=1S/C18H24FN5O/c1-22(9-15-4-6-17(19)7-5-15)18(25)12-23-8-2-3-16(10-23)11-24-14-20-13-21-24/h4-7,13-14,16H,2-3,8-12H2,1H3/t16-/m1/s1. The molecule has 134 valence electrons. The fourth-order valence-corrected chi connectivity index (χ4v) is 3.30. The van der Waals surface area contributed by atoms with Crippen LogP contribution in [0.15, 0.2) is 36.9 Å². The van der Waals surface area contributed by atoms with Gasteiger partial charge in [0.15, 0.2) is 0 Å². The Morgan fingerprint density at radius 3 is 2.88 bits per heavy atom. The Balaban J connectivity index is 1.48. The number of amides is 1. The first kappa shape index (κ1) is 17.5. The molecule has 7 heteroatoms. The summed E-state index contributed by atoms with van der Waals surface area (Å²) >= 11 is 0. The lowest BCUT2D eigenvalue weighted by Crippen LogP contribution is -2.43. The van der Waals surface area contributed by atoms with Gasteiger partial charge in [-0.2, -0.15) is 5.10 Å².